The van der Waals surface area contributed by atoms with Gasteiger partial charge in [0.1, 0.15) is 36.4 Å². The zero-order valence-corrected chi connectivity index (χ0v) is 20.3. The maximum atomic E-state index is 12.5. The maximum absolute atomic E-state index is 12.5. The van der Waals surface area contributed by atoms with E-state index in [4.69, 9.17) is 14.9 Å². The van der Waals surface area contributed by atoms with Crippen molar-refractivity contribution in [3.63, 3.8) is 0 Å². The summed E-state index contributed by atoms with van der Waals surface area (Å²) in [6.07, 6.45) is 4.08. The van der Waals surface area contributed by atoms with E-state index in [9.17, 15) is 9.59 Å². The number of hydrogen-bond acceptors (Lipinski definition) is 8. The first-order valence-corrected chi connectivity index (χ1v) is 11.8. The molecule has 190 valence electrons. The van der Waals surface area contributed by atoms with Gasteiger partial charge in [0.15, 0.2) is 0 Å². The Kier molecular flexibility index (Phi) is 7.21. The number of rotatable bonds is 10. The van der Waals surface area contributed by atoms with Gasteiger partial charge < -0.3 is 20.2 Å². The van der Waals surface area contributed by atoms with Gasteiger partial charge in [0.2, 0.25) is 12.3 Å². The van der Waals surface area contributed by atoms with Gasteiger partial charge in [0, 0.05) is 29.0 Å². The molecular formula is C28H24N6O4. The molecule has 3 N–H and O–H groups in total. The van der Waals surface area contributed by atoms with Crippen LogP contribution in [0.5, 0.6) is 5.75 Å². The molecule has 0 spiro atoms. The van der Waals surface area contributed by atoms with Crippen LogP contribution in [0.4, 0.5) is 17.3 Å². The molecule has 3 aromatic carbocycles. The van der Waals surface area contributed by atoms with Crippen molar-refractivity contribution in [3.05, 3.63) is 102 Å². The molecule has 0 saturated carbocycles. The number of benzene rings is 3. The Labute approximate surface area is 218 Å². The highest BCUT2D eigenvalue weighted by Gasteiger charge is 2.15. The fraction of sp³-hybridized carbons (Fsp3) is 0.107. The highest BCUT2D eigenvalue weighted by molar-refractivity contribution is 6.05. The summed E-state index contributed by atoms with van der Waals surface area (Å²) in [5, 5.41) is 3.65. The van der Waals surface area contributed by atoms with Gasteiger partial charge in [-0.25, -0.2) is 15.0 Å². The number of aromatic nitrogens is 3. The first kappa shape index (κ1) is 24.4. The summed E-state index contributed by atoms with van der Waals surface area (Å²) in [5.41, 5.74) is 8.96. The van der Waals surface area contributed by atoms with E-state index in [0.29, 0.717) is 52.8 Å². The average Bonchev–Trinajstić information content (AvgIpc) is 3.38. The highest BCUT2D eigenvalue weighted by atomic mass is 16.5. The van der Waals surface area contributed by atoms with Crippen molar-refractivity contribution in [2.45, 2.75) is 6.42 Å². The lowest BCUT2D eigenvalue weighted by molar-refractivity contribution is -0.107. The Balaban J connectivity index is 1.20. The molecule has 5 aromatic rings. The molecule has 0 fully saturated rings. The van der Waals surface area contributed by atoms with Crippen LogP contribution in [0.25, 0.3) is 11.0 Å². The highest BCUT2D eigenvalue weighted by Crippen LogP contribution is 2.29. The van der Waals surface area contributed by atoms with E-state index in [1.807, 2.05) is 24.3 Å². The number of anilines is 3. The molecule has 10 heteroatoms. The normalized spacial score (nSPS) is 10.7. The van der Waals surface area contributed by atoms with Gasteiger partial charge in [-0.05, 0) is 36.4 Å². The first-order chi connectivity index (χ1) is 18.6. The van der Waals surface area contributed by atoms with Crippen molar-refractivity contribution in [2.24, 2.45) is 0 Å². The second-order valence-corrected chi connectivity index (χ2v) is 8.36. The van der Waals surface area contributed by atoms with Gasteiger partial charge in [-0.3, -0.25) is 14.5 Å². The van der Waals surface area contributed by atoms with Gasteiger partial charge >= 0.3 is 0 Å². The number of carbonyl (C=O) groups excluding carboxylic acids is 2. The zero-order valence-electron chi connectivity index (χ0n) is 20.3. The fourth-order valence-corrected chi connectivity index (χ4v) is 3.90. The predicted molar refractivity (Wildman–Crippen MR) is 143 cm³/mol. The zero-order chi connectivity index (χ0) is 26.3. The van der Waals surface area contributed by atoms with Gasteiger partial charge in [-0.1, -0.05) is 30.3 Å². The number of carbonyl (C=O) groups is 2. The van der Waals surface area contributed by atoms with Crippen molar-refractivity contribution in [3.8, 4) is 5.75 Å². The molecule has 2 heterocycles. The van der Waals surface area contributed by atoms with Gasteiger partial charge in [-0.2, -0.15) is 0 Å². The second-order valence-electron chi connectivity index (χ2n) is 8.36. The molecule has 0 atom stereocenters. The molecule has 0 unspecified atom stereocenters. The van der Waals surface area contributed by atoms with Crippen LogP contribution in [0.15, 0.2) is 89.9 Å². The molecule has 0 aliphatic heterocycles. The predicted octanol–water partition coefficient (Wildman–Crippen LogP) is 4.08. The molecule has 2 aromatic heterocycles. The number of nitrogen functional groups attached to an aromatic ring is 1. The minimum atomic E-state index is -0.277. The number of amides is 2. The minimum absolute atomic E-state index is 0.222. The van der Waals surface area contributed by atoms with Crippen LogP contribution in [0.1, 0.15) is 21.7 Å². The van der Waals surface area contributed by atoms with E-state index in [1.54, 1.807) is 48.5 Å². The van der Waals surface area contributed by atoms with Crippen molar-refractivity contribution < 1.29 is 18.7 Å². The van der Waals surface area contributed by atoms with E-state index < -0.39 is 0 Å². The SMILES string of the molecule is Nc1ccccc1NC(=O)c1ccc(OCCN(C=O)c2cc3cccc(Cc4ncncn4)c3o2)cc1. The van der Waals surface area contributed by atoms with E-state index >= 15 is 0 Å². The first-order valence-electron chi connectivity index (χ1n) is 11.8. The third-order valence-electron chi connectivity index (χ3n) is 5.84. The minimum Gasteiger partial charge on any atom is -0.492 e. The summed E-state index contributed by atoms with van der Waals surface area (Å²) < 4.78 is 11.8. The Hall–Kier alpha value is -5.25. The number of nitrogens with zero attached hydrogens (tertiary/aromatic N) is 4. The molecule has 10 nitrogen and oxygen atoms in total. The second kappa shape index (κ2) is 11.2. The Morgan fingerprint density at radius 3 is 2.58 bits per heavy atom. The molecule has 2 amide bonds. The fourth-order valence-electron chi connectivity index (χ4n) is 3.90. The standard InChI is InChI=1S/C28H24N6O4/c29-23-6-1-2-7-24(23)33-28(36)19-8-10-22(11-9-19)37-13-12-34(18-35)26-15-21-5-3-4-20(27(21)38-26)14-25-31-16-30-17-32-25/h1-11,15-18H,12-14,29H2,(H,33,36). The van der Waals surface area contributed by atoms with Crippen LogP contribution < -0.4 is 20.7 Å². The van der Waals surface area contributed by atoms with Gasteiger partial charge in [0.05, 0.1) is 17.9 Å². The molecule has 0 aliphatic rings. The summed E-state index contributed by atoms with van der Waals surface area (Å²) in [6.45, 7) is 0.487. The monoisotopic (exact) mass is 508 g/mol. The Morgan fingerprint density at radius 1 is 1.03 bits per heavy atom. The number of nitrogens with two attached hydrogens (primary N) is 1. The van der Waals surface area contributed by atoms with Crippen LogP contribution in [-0.2, 0) is 11.2 Å². The van der Waals surface area contributed by atoms with Crippen molar-refractivity contribution in [1.82, 2.24) is 15.0 Å². The van der Waals surface area contributed by atoms with Crippen molar-refractivity contribution >= 4 is 40.5 Å². The molecule has 0 bridgehead atoms. The Bertz CT molecular complexity index is 1550. The number of furan rings is 1. The summed E-state index contributed by atoms with van der Waals surface area (Å²) in [6, 6.07) is 21.4. The maximum Gasteiger partial charge on any atom is 0.255 e. The summed E-state index contributed by atoms with van der Waals surface area (Å²) >= 11 is 0. The number of hydrogen-bond donors (Lipinski definition) is 2. The molecule has 0 radical (unpaired) electrons. The van der Waals surface area contributed by atoms with Gasteiger partial charge in [-0.15, -0.1) is 0 Å². The van der Waals surface area contributed by atoms with E-state index in [0.717, 1.165) is 10.9 Å². The molecule has 0 aliphatic carbocycles. The smallest absolute Gasteiger partial charge is 0.255 e. The molecule has 0 saturated heterocycles. The molecular weight excluding hydrogens is 484 g/mol. The topological polar surface area (TPSA) is 136 Å². The number of para-hydroxylation sites is 3. The van der Waals surface area contributed by atoms with Crippen LogP contribution >= 0.6 is 0 Å². The third kappa shape index (κ3) is 5.59. The van der Waals surface area contributed by atoms with E-state index in [1.165, 1.54) is 17.6 Å². The van der Waals surface area contributed by atoms with Crippen molar-refractivity contribution in [1.29, 1.82) is 0 Å². The van der Waals surface area contributed by atoms with Crippen LogP contribution in [-0.4, -0.2) is 40.4 Å². The summed E-state index contributed by atoms with van der Waals surface area (Å²) in [4.78, 5) is 38.0. The lowest BCUT2D eigenvalue weighted by atomic mass is 10.1. The number of fused-ring (bicyclic) bond motifs is 1. The molecule has 38 heavy (non-hydrogen) atoms. The van der Waals surface area contributed by atoms with E-state index in [-0.39, 0.29) is 19.1 Å². The van der Waals surface area contributed by atoms with Crippen LogP contribution in [0.3, 0.4) is 0 Å². The van der Waals surface area contributed by atoms with Crippen LogP contribution in [0, 0.1) is 0 Å². The number of ether oxygens (including phenoxy) is 1. The summed E-state index contributed by atoms with van der Waals surface area (Å²) in [5.74, 6) is 1.32. The summed E-state index contributed by atoms with van der Waals surface area (Å²) in [7, 11) is 0. The van der Waals surface area contributed by atoms with Crippen LogP contribution in [0.2, 0.25) is 0 Å². The quantitative estimate of drug-likeness (QED) is 0.213. The largest absolute Gasteiger partial charge is 0.492 e. The average molecular weight is 509 g/mol. The van der Waals surface area contributed by atoms with E-state index in [2.05, 4.69) is 20.3 Å². The number of nitrogens with one attached hydrogen (secondary N) is 1. The third-order valence-corrected chi connectivity index (χ3v) is 5.84. The van der Waals surface area contributed by atoms with Gasteiger partial charge in [0.25, 0.3) is 5.91 Å². The molecule has 5 rings (SSSR count). The lowest BCUT2D eigenvalue weighted by Crippen LogP contribution is -2.26. The van der Waals surface area contributed by atoms with Crippen molar-refractivity contribution in [2.75, 3.05) is 29.1 Å². The lowest BCUT2D eigenvalue weighted by Gasteiger charge is -2.15. The Morgan fingerprint density at radius 2 is 1.82 bits per heavy atom.